The van der Waals surface area contributed by atoms with Crippen LogP contribution in [0.25, 0.3) is 0 Å². The Labute approximate surface area is 123 Å². The Balaban J connectivity index is 2.63. The molecular formula is C14H22N2O3S. The lowest BCUT2D eigenvalue weighted by Crippen LogP contribution is -2.49. The number of furan rings is 1. The Hall–Kier alpha value is -1.43. The van der Waals surface area contributed by atoms with Crippen LogP contribution in [0.2, 0.25) is 0 Å². The van der Waals surface area contributed by atoms with Gasteiger partial charge in [-0.2, -0.15) is 11.8 Å². The summed E-state index contributed by atoms with van der Waals surface area (Å²) in [6.45, 7) is 3.95. The predicted molar refractivity (Wildman–Crippen MR) is 80.9 cm³/mol. The second-order valence-corrected chi connectivity index (χ2v) is 5.59. The van der Waals surface area contributed by atoms with Crippen LogP contribution in [0.4, 0.5) is 0 Å². The molecule has 1 aromatic rings. The van der Waals surface area contributed by atoms with E-state index in [1.165, 1.54) is 6.26 Å². The Morgan fingerprint density at radius 2 is 2.15 bits per heavy atom. The van der Waals surface area contributed by atoms with Crippen molar-refractivity contribution in [2.24, 2.45) is 0 Å². The normalized spacial score (nSPS) is 13.6. The highest BCUT2D eigenvalue weighted by molar-refractivity contribution is 7.98. The van der Waals surface area contributed by atoms with Crippen molar-refractivity contribution in [3.63, 3.8) is 0 Å². The van der Waals surface area contributed by atoms with Gasteiger partial charge >= 0.3 is 0 Å². The van der Waals surface area contributed by atoms with E-state index in [0.29, 0.717) is 6.42 Å². The van der Waals surface area contributed by atoms with Crippen molar-refractivity contribution >= 4 is 23.6 Å². The molecule has 6 heteroatoms. The van der Waals surface area contributed by atoms with E-state index in [1.807, 2.05) is 20.1 Å². The van der Waals surface area contributed by atoms with Gasteiger partial charge in [-0.3, -0.25) is 9.59 Å². The Morgan fingerprint density at radius 3 is 2.70 bits per heavy atom. The molecule has 0 saturated carbocycles. The fourth-order valence-electron chi connectivity index (χ4n) is 1.59. The number of thioether (sulfide) groups is 1. The summed E-state index contributed by atoms with van der Waals surface area (Å²) in [5.41, 5.74) is 0. The van der Waals surface area contributed by atoms with Crippen LogP contribution in [-0.2, 0) is 4.79 Å². The van der Waals surface area contributed by atoms with Crippen LogP contribution in [0, 0.1) is 0 Å². The minimum atomic E-state index is -0.533. The summed E-state index contributed by atoms with van der Waals surface area (Å²) in [5.74, 6) is 0.515. The first kappa shape index (κ1) is 16.6. The SMILES string of the molecule is CC[C@H](C)NC(=O)[C@@H](CCSC)NC(=O)c1ccco1. The van der Waals surface area contributed by atoms with E-state index < -0.39 is 6.04 Å². The van der Waals surface area contributed by atoms with Gasteiger partial charge < -0.3 is 15.1 Å². The van der Waals surface area contributed by atoms with Crippen molar-refractivity contribution in [1.82, 2.24) is 10.6 Å². The minimum absolute atomic E-state index is 0.0970. The van der Waals surface area contributed by atoms with Crippen molar-refractivity contribution in [1.29, 1.82) is 0 Å². The monoisotopic (exact) mass is 298 g/mol. The topological polar surface area (TPSA) is 71.3 Å². The van der Waals surface area contributed by atoms with Gasteiger partial charge in [0.05, 0.1) is 6.26 Å². The number of carbonyl (C=O) groups excluding carboxylic acids is 2. The van der Waals surface area contributed by atoms with E-state index in [0.717, 1.165) is 12.2 Å². The van der Waals surface area contributed by atoms with Crippen molar-refractivity contribution in [2.45, 2.75) is 38.8 Å². The fraction of sp³-hybridized carbons (Fsp3) is 0.571. The predicted octanol–water partition coefficient (Wildman–Crippen LogP) is 2.05. The summed E-state index contributed by atoms with van der Waals surface area (Å²) < 4.78 is 5.03. The first-order valence-electron chi connectivity index (χ1n) is 6.72. The number of hydrogen-bond donors (Lipinski definition) is 2. The number of amides is 2. The standard InChI is InChI=1S/C14H22N2O3S/c1-4-10(2)15-13(17)11(7-9-20-3)16-14(18)12-6-5-8-19-12/h5-6,8,10-11H,4,7,9H2,1-3H3,(H,15,17)(H,16,18)/t10-,11+/m0/s1. The lowest BCUT2D eigenvalue weighted by atomic mass is 10.1. The van der Waals surface area contributed by atoms with Gasteiger partial charge in [0, 0.05) is 6.04 Å². The molecule has 0 bridgehead atoms. The number of rotatable bonds is 8. The highest BCUT2D eigenvalue weighted by Crippen LogP contribution is 2.05. The summed E-state index contributed by atoms with van der Waals surface area (Å²) in [4.78, 5) is 24.1. The van der Waals surface area contributed by atoms with Crippen LogP contribution in [0.3, 0.4) is 0 Å². The second-order valence-electron chi connectivity index (χ2n) is 4.60. The molecule has 0 spiro atoms. The Bertz CT molecular complexity index is 420. The van der Waals surface area contributed by atoms with E-state index in [9.17, 15) is 9.59 Å². The third kappa shape index (κ3) is 5.28. The zero-order valence-electron chi connectivity index (χ0n) is 12.1. The zero-order chi connectivity index (χ0) is 15.0. The summed E-state index contributed by atoms with van der Waals surface area (Å²) in [5, 5.41) is 5.62. The second kappa shape index (κ2) is 8.68. The maximum absolute atomic E-state index is 12.2. The van der Waals surface area contributed by atoms with E-state index in [4.69, 9.17) is 4.42 Å². The molecule has 0 aliphatic heterocycles. The van der Waals surface area contributed by atoms with Crippen LogP contribution in [0.15, 0.2) is 22.8 Å². The average Bonchev–Trinajstić information content (AvgIpc) is 2.97. The smallest absolute Gasteiger partial charge is 0.287 e. The summed E-state index contributed by atoms with van der Waals surface area (Å²) >= 11 is 1.64. The molecule has 0 fully saturated rings. The van der Waals surface area contributed by atoms with Gasteiger partial charge in [0.2, 0.25) is 5.91 Å². The van der Waals surface area contributed by atoms with E-state index in [-0.39, 0.29) is 23.6 Å². The van der Waals surface area contributed by atoms with Gasteiger partial charge in [0.15, 0.2) is 5.76 Å². The lowest BCUT2D eigenvalue weighted by Gasteiger charge is -2.20. The van der Waals surface area contributed by atoms with Crippen LogP contribution >= 0.6 is 11.8 Å². The molecule has 0 radical (unpaired) electrons. The van der Waals surface area contributed by atoms with Crippen molar-refractivity contribution in [3.8, 4) is 0 Å². The molecule has 0 aliphatic rings. The number of nitrogens with one attached hydrogen (secondary N) is 2. The van der Waals surface area contributed by atoms with Gasteiger partial charge in [-0.25, -0.2) is 0 Å². The fourth-order valence-corrected chi connectivity index (χ4v) is 2.06. The molecule has 0 aliphatic carbocycles. The van der Waals surface area contributed by atoms with E-state index >= 15 is 0 Å². The van der Waals surface area contributed by atoms with E-state index in [1.54, 1.807) is 23.9 Å². The maximum Gasteiger partial charge on any atom is 0.287 e. The molecule has 0 aromatic carbocycles. The number of hydrogen-bond acceptors (Lipinski definition) is 4. The van der Waals surface area contributed by atoms with Crippen molar-refractivity contribution in [2.75, 3.05) is 12.0 Å². The highest BCUT2D eigenvalue weighted by Gasteiger charge is 2.22. The largest absolute Gasteiger partial charge is 0.459 e. The van der Waals surface area contributed by atoms with Gasteiger partial charge in [0.1, 0.15) is 6.04 Å². The van der Waals surface area contributed by atoms with Crippen LogP contribution in [0.5, 0.6) is 0 Å². The molecule has 1 rings (SSSR count). The summed E-state index contributed by atoms with van der Waals surface area (Å²) in [7, 11) is 0. The van der Waals surface area contributed by atoms with Gasteiger partial charge in [-0.05, 0) is 43.9 Å². The Morgan fingerprint density at radius 1 is 1.40 bits per heavy atom. The van der Waals surface area contributed by atoms with Gasteiger partial charge in [-0.1, -0.05) is 6.92 Å². The van der Waals surface area contributed by atoms with Crippen LogP contribution in [-0.4, -0.2) is 35.9 Å². The van der Waals surface area contributed by atoms with Crippen molar-refractivity contribution in [3.05, 3.63) is 24.2 Å². The number of carbonyl (C=O) groups is 2. The Kier molecular flexibility index (Phi) is 7.22. The molecule has 0 unspecified atom stereocenters. The van der Waals surface area contributed by atoms with Gasteiger partial charge in [-0.15, -0.1) is 0 Å². The third-order valence-corrected chi connectivity index (χ3v) is 3.62. The molecular weight excluding hydrogens is 276 g/mol. The minimum Gasteiger partial charge on any atom is -0.459 e. The third-order valence-electron chi connectivity index (χ3n) is 2.98. The molecule has 0 saturated heterocycles. The van der Waals surface area contributed by atoms with Gasteiger partial charge in [0.25, 0.3) is 5.91 Å². The van der Waals surface area contributed by atoms with Crippen molar-refractivity contribution < 1.29 is 14.0 Å². The first-order chi connectivity index (χ1) is 9.58. The summed E-state index contributed by atoms with van der Waals surface area (Å²) in [6.07, 6.45) is 4.85. The molecule has 1 aromatic heterocycles. The highest BCUT2D eigenvalue weighted by atomic mass is 32.2. The maximum atomic E-state index is 12.2. The summed E-state index contributed by atoms with van der Waals surface area (Å²) in [6, 6.07) is 2.78. The molecule has 112 valence electrons. The quantitative estimate of drug-likeness (QED) is 0.770. The first-order valence-corrected chi connectivity index (χ1v) is 8.11. The molecule has 2 N–H and O–H groups in total. The molecule has 2 atom stereocenters. The van der Waals surface area contributed by atoms with Crippen LogP contribution in [0.1, 0.15) is 37.2 Å². The molecule has 20 heavy (non-hydrogen) atoms. The molecule has 1 heterocycles. The lowest BCUT2D eigenvalue weighted by molar-refractivity contribution is -0.123. The molecule has 2 amide bonds. The zero-order valence-corrected chi connectivity index (χ0v) is 13.0. The molecule has 5 nitrogen and oxygen atoms in total. The average molecular weight is 298 g/mol. The van der Waals surface area contributed by atoms with E-state index in [2.05, 4.69) is 10.6 Å². The van der Waals surface area contributed by atoms with Crippen LogP contribution < -0.4 is 10.6 Å².